The first kappa shape index (κ1) is 20.6. The molecule has 1 aliphatic heterocycles. The lowest BCUT2D eigenvalue weighted by Crippen LogP contribution is -2.49. The molecule has 0 unspecified atom stereocenters. The average Bonchev–Trinajstić information content (AvgIpc) is 2.74. The van der Waals surface area contributed by atoms with E-state index in [0.29, 0.717) is 44.3 Å². The molecule has 1 N–H and O–H groups in total. The summed E-state index contributed by atoms with van der Waals surface area (Å²) in [7, 11) is 0. The third kappa shape index (κ3) is 5.04. The fourth-order valence-corrected chi connectivity index (χ4v) is 3.37. The van der Waals surface area contributed by atoms with Gasteiger partial charge in [0.2, 0.25) is 0 Å². The molecule has 1 aromatic carbocycles. The standard InChI is InChI=1S/C22H28N4O3/c1-4-29-22(28)26-13-11-25(12-14-26)20-15-17(9-10-23-20)21(27)24-19-8-6-5-7-18(19)16(2)3/h5-10,15-16H,4,11-14H2,1-3H3,(H,24,27). The summed E-state index contributed by atoms with van der Waals surface area (Å²) in [5.41, 5.74) is 2.49. The van der Waals surface area contributed by atoms with Gasteiger partial charge in [-0.15, -0.1) is 0 Å². The van der Waals surface area contributed by atoms with Crippen molar-refractivity contribution in [2.75, 3.05) is 43.0 Å². The normalized spacial score (nSPS) is 14.1. The average molecular weight is 396 g/mol. The summed E-state index contributed by atoms with van der Waals surface area (Å²) in [6.45, 7) is 8.81. The number of nitrogens with zero attached hydrogens (tertiary/aromatic N) is 3. The molecule has 0 spiro atoms. The number of para-hydroxylation sites is 1. The minimum Gasteiger partial charge on any atom is -0.450 e. The van der Waals surface area contributed by atoms with E-state index in [1.54, 1.807) is 30.2 Å². The Morgan fingerprint density at radius 2 is 1.86 bits per heavy atom. The number of nitrogens with one attached hydrogen (secondary N) is 1. The smallest absolute Gasteiger partial charge is 0.409 e. The second-order valence-corrected chi connectivity index (χ2v) is 7.27. The van der Waals surface area contributed by atoms with Gasteiger partial charge in [-0.25, -0.2) is 9.78 Å². The molecule has 1 fully saturated rings. The highest BCUT2D eigenvalue weighted by atomic mass is 16.6. The van der Waals surface area contributed by atoms with Gasteiger partial charge in [0.05, 0.1) is 6.61 Å². The van der Waals surface area contributed by atoms with Crippen LogP contribution < -0.4 is 10.2 Å². The molecule has 1 aromatic heterocycles. The summed E-state index contributed by atoms with van der Waals surface area (Å²) in [6, 6.07) is 11.4. The number of aromatic nitrogens is 1. The zero-order chi connectivity index (χ0) is 20.8. The van der Waals surface area contributed by atoms with Crippen LogP contribution in [0, 0.1) is 0 Å². The van der Waals surface area contributed by atoms with Crippen LogP contribution >= 0.6 is 0 Å². The maximum atomic E-state index is 12.8. The van der Waals surface area contributed by atoms with Gasteiger partial charge in [0.25, 0.3) is 5.91 Å². The number of hydrogen-bond acceptors (Lipinski definition) is 5. The van der Waals surface area contributed by atoms with Crippen molar-refractivity contribution in [2.45, 2.75) is 26.7 Å². The Bertz CT molecular complexity index is 861. The molecule has 2 amide bonds. The van der Waals surface area contributed by atoms with E-state index in [2.05, 4.69) is 29.0 Å². The van der Waals surface area contributed by atoms with Crippen LogP contribution in [0.3, 0.4) is 0 Å². The van der Waals surface area contributed by atoms with E-state index in [1.165, 1.54) is 0 Å². The van der Waals surface area contributed by atoms with E-state index >= 15 is 0 Å². The number of piperazine rings is 1. The largest absolute Gasteiger partial charge is 0.450 e. The molecule has 7 nitrogen and oxygen atoms in total. The van der Waals surface area contributed by atoms with E-state index in [9.17, 15) is 9.59 Å². The summed E-state index contributed by atoms with van der Waals surface area (Å²) < 4.78 is 5.06. The van der Waals surface area contributed by atoms with Crippen molar-refractivity contribution in [3.05, 3.63) is 53.7 Å². The highest BCUT2D eigenvalue weighted by Gasteiger charge is 2.23. The first-order valence-electron chi connectivity index (χ1n) is 10.0. The molecular formula is C22H28N4O3. The monoisotopic (exact) mass is 396 g/mol. The van der Waals surface area contributed by atoms with Crippen LogP contribution in [-0.4, -0.2) is 54.7 Å². The molecule has 2 aromatic rings. The summed E-state index contributed by atoms with van der Waals surface area (Å²) in [5.74, 6) is 0.889. The van der Waals surface area contributed by atoms with Crippen molar-refractivity contribution in [1.82, 2.24) is 9.88 Å². The summed E-state index contributed by atoms with van der Waals surface area (Å²) in [4.78, 5) is 32.8. The van der Waals surface area contributed by atoms with Crippen LogP contribution in [0.4, 0.5) is 16.3 Å². The lowest BCUT2D eigenvalue weighted by molar-refractivity contribution is 0.102. The van der Waals surface area contributed by atoms with Crippen LogP contribution in [0.25, 0.3) is 0 Å². The van der Waals surface area contributed by atoms with Crippen molar-refractivity contribution in [3.8, 4) is 0 Å². The molecule has 0 bridgehead atoms. The van der Waals surface area contributed by atoms with Gasteiger partial charge in [0, 0.05) is 43.6 Å². The number of carbonyl (C=O) groups excluding carboxylic acids is 2. The van der Waals surface area contributed by atoms with Crippen LogP contribution in [0.2, 0.25) is 0 Å². The number of hydrogen-bond donors (Lipinski definition) is 1. The predicted octanol–water partition coefficient (Wildman–Crippen LogP) is 3.74. The Morgan fingerprint density at radius 3 is 2.55 bits per heavy atom. The van der Waals surface area contributed by atoms with Crippen molar-refractivity contribution < 1.29 is 14.3 Å². The Balaban J connectivity index is 1.67. The van der Waals surface area contributed by atoms with E-state index in [-0.39, 0.29) is 12.0 Å². The lowest BCUT2D eigenvalue weighted by Gasteiger charge is -2.34. The number of benzene rings is 1. The van der Waals surface area contributed by atoms with Crippen molar-refractivity contribution in [1.29, 1.82) is 0 Å². The summed E-state index contributed by atoms with van der Waals surface area (Å²) >= 11 is 0. The Kier molecular flexibility index (Phi) is 6.69. The number of pyridine rings is 1. The maximum absolute atomic E-state index is 12.8. The van der Waals surface area contributed by atoms with Gasteiger partial charge in [-0.05, 0) is 36.6 Å². The third-order valence-corrected chi connectivity index (χ3v) is 4.97. The van der Waals surface area contributed by atoms with Gasteiger partial charge in [-0.2, -0.15) is 0 Å². The van der Waals surface area contributed by atoms with E-state index < -0.39 is 0 Å². The third-order valence-electron chi connectivity index (χ3n) is 4.97. The van der Waals surface area contributed by atoms with Gasteiger partial charge in [-0.1, -0.05) is 32.0 Å². The van der Waals surface area contributed by atoms with E-state index in [4.69, 9.17) is 4.74 Å². The molecule has 154 valence electrons. The van der Waals surface area contributed by atoms with Gasteiger partial charge in [0.15, 0.2) is 0 Å². The van der Waals surface area contributed by atoms with Crippen LogP contribution in [0.1, 0.15) is 42.6 Å². The number of anilines is 2. The topological polar surface area (TPSA) is 74.8 Å². The first-order chi connectivity index (χ1) is 14.0. The van der Waals surface area contributed by atoms with E-state index in [1.807, 2.05) is 24.3 Å². The van der Waals surface area contributed by atoms with E-state index in [0.717, 1.165) is 17.1 Å². The van der Waals surface area contributed by atoms with Gasteiger partial charge in [0.1, 0.15) is 5.82 Å². The fraction of sp³-hybridized carbons (Fsp3) is 0.409. The summed E-state index contributed by atoms with van der Waals surface area (Å²) in [6.07, 6.45) is 1.37. The minimum absolute atomic E-state index is 0.160. The van der Waals surface area contributed by atoms with Gasteiger partial charge in [-0.3, -0.25) is 4.79 Å². The van der Waals surface area contributed by atoms with Crippen LogP contribution in [-0.2, 0) is 4.74 Å². The van der Waals surface area contributed by atoms with Crippen LogP contribution in [0.5, 0.6) is 0 Å². The molecule has 7 heteroatoms. The highest BCUT2D eigenvalue weighted by Crippen LogP contribution is 2.24. The second-order valence-electron chi connectivity index (χ2n) is 7.27. The Hall–Kier alpha value is -3.09. The number of ether oxygens (including phenoxy) is 1. The molecule has 2 heterocycles. The predicted molar refractivity (Wildman–Crippen MR) is 114 cm³/mol. The molecule has 3 rings (SSSR count). The van der Waals surface area contributed by atoms with Gasteiger partial charge < -0.3 is 19.9 Å². The zero-order valence-electron chi connectivity index (χ0n) is 17.2. The Labute approximate surface area is 171 Å². The molecule has 29 heavy (non-hydrogen) atoms. The molecular weight excluding hydrogens is 368 g/mol. The molecule has 0 saturated carbocycles. The molecule has 0 radical (unpaired) electrons. The van der Waals surface area contributed by atoms with Crippen molar-refractivity contribution in [3.63, 3.8) is 0 Å². The van der Waals surface area contributed by atoms with Crippen molar-refractivity contribution >= 4 is 23.5 Å². The van der Waals surface area contributed by atoms with Gasteiger partial charge >= 0.3 is 6.09 Å². The fourth-order valence-electron chi connectivity index (χ4n) is 3.37. The zero-order valence-corrected chi connectivity index (χ0v) is 17.2. The summed E-state index contributed by atoms with van der Waals surface area (Å²) in [5, 5.41) is 3.02. The quantitative estimate of drug-likeness (QED) is 0.833. The SMILES string of the molecule is CCOC(=O)N1CCN(c2cc(C(=O)Nc3ccccc3C(C)C)ccn2)CC1. The van der Waals surface area contributed by atoms with Crippen LogP contribution in [0.15, 0.2) is 42.6 Å². The first-order valence-corrected chi connectivity index (χ1v) is 10.0. The number of carbonyl (C=O) groups is 2. The lowest BCUT2D eigenvalue weighted by atomic mass is 10.0. The Morgan fingerprint density at radius 1 is 1.14 bits per heavy atom. The number of rotatable bonds is 5. The minimum atomic E-state index is -0.281. The molecule has 1 aliphatic rings. The molecule has 1 saturated heterocycles. The van der Waals surface area contributed by atoms with Crippen molar-refractivity contribution in [2.24, 2.45) is 0 Å². The highest BCUT2D eigenvalue weighted by molar-refractivity contribution is 6.05. The second kappa shape index (κ2) is 9.41. The molecule has 0 atom stereocenters. The number of amides is 2. The molecule has 0 aliphatic carbocycles. The maximum Gasteiger partial charge on any atom is 0.409 e.